The van der Waals surface area contributed by atoms with Crippen LogP contribution in [0, 0.1) is 0 Å². The van der Waals surface area contributed by atoms with Crippen LogP contribution in [0.4, 0.5) is 4.79 Å². The Balaban J connectivity index is 1.34. The van der Waals surface area contributed by atoms with E-state index in [1.807, 2.05) is 4.90 Å². The summed E-state index contributed by atoms with van der Waals surface area (Å²) < 4.78 is 11.8. The molecule has 0 bridgehead atoms. The quantitative estimate of drug-likeness (QED) is 0.747. The second kappa shape index (κ2) is 7.00. The van der Waals surface area contributed by atoms with Crippen molar-refractivity contribution in [3.63, 3.8) is 0 Å². The van der Waals surface area contributed by atoms with E-state index in [4.69, 9.17) is 9.47 Å². The third-order valence-electron chi connectivity index (χ3n) is 6.64. The average molecular weight is 406 g/mol. The number of amides is 2. The molecule has 28 heavy (non-hydrogen) atoms. The summed E-state index contributed by atoms with van der Waals surface area (Å²) in [7, 11) is 0. The molecular formula is C20H27N3O4S. The number of fused-ring (bicyclic) bond motifs is 2. The van der Waals surface area contributed by atoms with Crippen molar-refractivity contribution in [1.82, 2.24) is 15.5 Å². The highest BCUT2D eigenvalue weighted by Gasteiger charge is 2.43. The lowest BCUT2D eigenvalue weighted by Crippen LogP contribution is -2.44. The molecule has 1 aromatic rings. The first-order valence-corrected chi connectivity index (χ1v) is 11.1. The van der Waals surface area contributed by atoms with Gasteiger partial charge in [-0.3, -0.25) is 4.79 Å². The molecule has 4 aliphatic heterocycles. The number of alkyl carbamates (subject to hydrolysis) is 1. The van der Waals surface area contributed by atoms with Crippen LogP contribution in [0.3, 0.4) is 0 Å². The van der Waals surface area contributed by atoms with Crippen molar-refractivity contribution in [1.29, 1.82) is 0 Å². The van der Waals surface area contributed by atoms with Crippen LogP contribution in [0.5, 0.6) is 0 Å². The molecule has 4 aliphatic rings. The highest BCUT2D eigenvalue weighted by molar-refractivity contribution is 7.14. The summed E-state index contributed by atoms with van der Waals surface area (Å²) in [4.78, 5) is 28.8. The fourth-order valence-corrected chi connectivity index (χ4v) is 6.42. The summed E-state index contributed by atoms with van der Waals surface area (Å²) >= 11 is 1.63. The van der Waals surface area contributed by atoms with Crippen molar-refractivity contribution in [3.05, 3.63) is 21.4 Å². The van der Waals surface area contributed by atoms with Crippen molar-refractivity contribution < 1.29 is 19.1 Å². The maximum Gasteiger partial charge on any atom is 0.407 e. The smallest absolute Gasteiger partial charge is 0.407 e. The molecule has 0 radical (unpaired) electrons. The molecule has 1 aromatic heterocycles. The maximum absolute atomic E-state index is 13.3. The zero-order valence-electron chi connectivity index (χ0n) is 16.1. The molecule has 152 valence electrons. The predicted molar refractivity (Wildman–Crippen MR) is 105 cm³/mol. The van der Waals surface area contributed by atoms with Crippen LogP contribution in [-0.4, -0.2) is 61.8 Å². The Morgan fingerprint density at radius 3 is 2.82 bits per heavy atom. The highest BCUT2D eigenvalue weighted by atomic mass is 32.1. The van der Waals surface area contributed by atoms with E-state index >= 15 is 0 Å². The van der Waals surface area contributed by atoms with Crippen molar-refractivity contribution >= 4 is 23.3 Å². The zero-order chi connectivity index (χ0) is 19.2. The molecule has 2 spiro atoms. The van der Waals surface area contributed by atoms with Crippen LogP contribution < -0.4 is 10.6 Å². The Bertz CT molecular complexity index is 788. The number of hydrogen-bond donors (Lipinski definition) is 2. The van der Waals surface area contributed by atoms with Crippen molar-refractivity contribution in [2.24, 2.45) is 0 Å². The lowest BCUT2D eigenvalue weighted by Gasteiger charge is -2.40. The summed E-state index contributed by atoms with van der Waals surface area (Å²) in [6.45, 7) is 4.55. The normalized spacial score (nSPS) is 29.3. The van der Waals surface area contributed by atoms with Gasteiger partial charge < -0.3 is 25.0 Å². The minimum Gasteiger partial charge on any atom is -0.441 e. The standard InChI is InChI=1S/C20H27N3O4S/c24-17(23-9-1-3-19(6-10-23)13-22-18(25)27-19)15-12-14-2-11-26-20(16(14)28-15)4-7-21-8-5-20/h12,21H,1-11,13H2,(H,22,25). The molecule has 7 nitrogen and oxygen atoms in total. The first kappa shape index (κ1) is 18.4. The number of nitrogens with one attached hydrogen (secondary N) is 2. The van der Waals surface area contributed by atoms with E-state index in [-0.39, 0.29) is 17.6 Å². The lowest BCUT2D eigenvalue weighted by atomic mass is 9.86. The Hall–Kier alpha value is -1.64. The number of likely N-dealkylation sites (tertiary alicyclic amines) is 1. The minimum atomic E-state index is -0.437. The summed E-state index contributed by atoms with van der Waals surface area (Å²) in [5.41, 5.74) is 0.657. The molecule has 0 saturated carbocycles. The van der Waals surface area contributed by atoms with Crippen molar-refractivity contribution in [2.45, 2.75) is 49.7 Å². The third kappa shape index (κ3) is 3.11. The SMILES string of the molecule is O=C1NCC2(CCCN(C(=O)c3cc4c(s3)C3(CCNCC3)OCC4)CC2)O1. The Morgan fingerprint density at radius 1 is 1.18 bits per heavy atom. The molecule has 0 aromatic carbocycles. The lowest BCUT2D eigenvalue weighted by molar-refractivity contribution is -0.0771. The summed E-state index contributed by atoms with van der Waals surface area (Å²) in [6, 6.07) is 2.10. The Morgan fingerprint density at radius 2 is 2.04 bits per heavy atom. The topological polar surface area (TPSA) is 79.9 Å². The minimum absolute atomic E-state index is 0.109. The van der Waals surface area contributed by atoms with Gasteiger partial charge in [-0.1, -0.05) is 0 Å². The fourth-order valence-electron chi connectivity index (χ4n) is 5.04. The van der Waals surface area contributed by atoms with Gasteiger partial charge in [-0.25, -0.2) is 4.79 Å². The molecular weight excluding hydrogens is 378 g/mol. The zero-order valence-corrected chi connectivity index (χ0v) is 16.9. The van der Waals surface area contributed by atoms with Crippen molar-refractivity contribution in [2.75, 3.05) is 39.3 Å². The first-order chi connectivity index (χ1) is 13.6. The van der Waals surface area contributed by atoms with Gasteiger partial charge in [0.05, 0.1) is 18.0 Å². The molecule has 5 rings (SSSR count). The molecule has 3 fully saturated rings. The summed E-state index contributed by atoms with van der Waals surface area (Å²) in [5, 5.41) is 6.18. The summed E-state index contributed by atoms with van der Waals surface area (Å²) in [5.74, 6) is 0.109. The van der Waals surface area contributed by atoms with Crippen LogP contribution in [-0.2, 0) is 21.5 Å². The molecule has 2 N–H and O–H groups in total. The van der Waals surface area contributed by atoms with Gasteiger partial charge in [0, 0.05) is 24.4 Å². The van der Waals surface area contributed by atoms with E-state index in [0.717, 1.165) is 56.7 Å². The van der Waals surface area contributed by atoms with E-state index in [9.17, 15) is 9.59 Å². The second-order valence-electron chi connectivity index (χ2n) is 8.38. The van der Waals surface area contributed by atoms with Gasteiger partial charge >= 0.3 is 6.09 Å². The monoisotopic (exact) mass is 405 g/mol. The van der Waals surface area contributed by atoms with Gasteiger partial charge in [0.25, 0.3) is 5.91 Å². The van der Waals surface area contributed by atoms with Crippen LogP contribution in [0.1, 0.15) is 52.2 Å². The number of carbonyl (C=O) groups excluding carboxylic acids is 2. The largest absolute Gasteiger partial charge is 0.441 e. The van der Waals surface area contributed by atoms with E-state index in [0.29, 0.717) is 26.1 Å². The van der Waals surface area contributed by atoms with Gasteiger partial charge in [-0.15, -0.1) is 11.3 Å². The van der Waals surface area contributed by atoms with Gasteiger partial charge in [0.15, 0.2) is 0 Å². The van der Waals surface area contributed by atoms with E-state index < -0.39 is 5.60 Å². The van der Waals surface area contributed by atoms with Crippen LogP contribution in [0.25, 0.3) is 0 Å². The Labute approximate surface area is 168 Å². The second-order valence-corrected chi connectivity index (χ2v) is 9.43. The van der Waals surface area contributed by atoms with Crippen molar-refractivity contribution in [3.8, 4) is 0 Å². The molecule has 1 atom stereocenters. The van der Waals surface area contributed by atoms with Crippen LogP contribution in [0.15, 0.2) is 6.07 Å². The van der Waals surface area contributed by atoms with E-state index in [2.05, 4.69) is 16.7 Å². The summed E-state index contributed by atoms with van der Waals surface area (Å²) in [6.07, 6.45) is 4.85. The molecule has 5 heterocycles. The van der Waals surface area contributed by atoms with Crippen LogP contribution >= 0.6 is 11.3 Å². The molecule has 0 aliphatic carbocycles. The molecule has 3 saturated heterocycles. The molecule has 1 unspecified atom stereocenters. The number of nitrogens with zero attached hydrogens (tertiary/aromatic N) is 1. The molecule has 2 amide bonds. The Kier molecular flexibility index (Phi) is 4.60. The van der Waals surface area contributed by atoms with E-state index in [1.54, 1.807) is 11.3 Å². The average Bonchev–Trinajstić information content (AvgIpc) is 3.23. The van der Waals surface area contributed by atoms with Gasteiger partial charge in [0.1, 0.15) is 11.2 Å². The molecule has 8 heteroatoms. The fraction of sp³-hybridized carbons (Fsp3) is 0.700. The van der Waals surface area contributed by atoms with Crippen LogP contribution in [0.2, 0.25) is 0 Å². The number of thiophene rings is 1. The van der Waals surface area contributed by atoms with E-state index in [1.165, 1.54) is 10.4 Å². The number of piperidine rings is 1. The predicted octanol–water partition coefficient (Wildman–Crippen LogP) is 2.00. The third-order valence-corrected chi connectivity index (χ3v) is 7.99. The maximum atomic E-state index is 13.3. The number of ether oxygens (including phenoxy) is 2. The number of carbonyl (C=O) groups is 2. The highest BCUT2D eigenvalue weighted by Crippen LogP contribution is 2.44. The number of rotatable bonds is 1. The van der Waals surface area contributed by atoms with Gasteiger partial charge in [-0.05, 0) is 56.8 Å². The van der Waals surface area contributed by atoms with Gasteiger partial charge in [-0.2, -0.15) is 0 Å². The number of hydrogen-bond acceptors (Lipinski definition) is 6. The van der Waals surface area contributed by atoms with Gasteiger partial charge in [0.2, 0.25) is 0 Å². The first-order valence-electron chi connectivity index (χ1n) is 10.3.